The van der Waals surface area contributed by atoms with Crippen LogP contribution in [0.1, 0.15) is 39.2 Å². The van der Waals surface area contributed by atoms with Crippen molar-refractivity contribution in [3.63, 3.8) is 0 Å². The molecule has 0 aromatic heterocycles. The third-order valence-corrected chi connectivity index (χ3v) is 4.91. The first-order chi connectivity index (χ1) is 11.9. The van der Waals surface area contributed by atoms with E-state index in [4.69, 9.17) is 21.1 Å². The van der Waals surface area contributed by atoms with E-state index in [2.05, 4.69) is 0 Å². The molecule has 0 aliphatic heterocycles. The Balaban J connectivity index is 2.12. The molecule has 0 fully saturated rings. The minimum atomic E-state index is -1.30. The maximum atomic E-state index is 12.5. The van der Waals surface area contributed by atoms with Crippen LogP contribution in [-0.2, 0) is 25.5 Å². The van der Waals surface area contributed by atoms with Gasteiger partial charge in [0, 0.05) is 5.02 Å². The summed E-state index contributed by atoms with van der Waals surface area (Å²) in [6, 6.07) is 7.74. The number of allylic oxidation sites excluding steroid dienone is 1. The molecule has 1 aromatic carbocycles. The van der Waals surface area contributed by atoms with Gasteiger partial charge in [-0.25, -0.2) is 0 Å². The van der Waals surface area contributed by atoms with E-state index in [9.17, 15) is 9.59 Å². The first kappa shape index (κ1) is 19.5. The van der Waals surface area contributed by atoms with Crippen molar-refractivity contribution in [3.8, 4) is 0 Å². The summed E-state index contributed by atoms with van der Waals surface area (Å²) >= 11 is 5.92. The van der Waals surface area contributed by atoms with Gasteiger partial charge in [-0.2, -0.15) is 0 Å². The van der Waals surface area contributed by atoms with E-state index in [1.54, 1.807) is 19.9 Å². The monoisotopic (exact) mass is 364 g/mol. The zero-order valence-corrected chi connectivity index (χ0v) is 15.8. The Bertz CT molecular complexity index is 630. The van der Waals surface area contributed by atoms with Crippen LogP contribution in [0.25, 0.3) is 0 Å². The standard InChI is InChI=1S/C20H25ClO4/c1-4-24-18(22)20(19(23)25-5-2)12-14(3)16(13-20)9-6-15-7-10-17(21)11-8-15/h7-8,10-12,16H,4-6,9,13H2,1-3H3. The van der Waals surface area contributed by atoms with Gasteiger partial charge in [-0.3, -0.25) is 9.59 Å². The highest BCUT2D eigenvalue weighted by Crippen LogP contribution is 2.44. The molecule has 1 atom stereocenters. The number of carbonyl (C=O) groups is 2. The summed E-state index contributed by atoms with van der Waals surface area (Å²) in [6.07, 6.45) is 3.86. The van der Waals surface area contributed by atoms with Gasteiger partial charge in [-0.15, -0.1) is 0 Å². The average molecular weight is 365 g/mol. The second kappa shape index (κ2) is 8.52. The van der Waals surface area contributed by atoms with Crippen LogP contribution in [0.5, 0.6) is 0 Å². The molecule has 2 rings (SSSR count). The maximum Gasteiger partial charge on any atom is 0.327 e. The summed E-state index contributed by atoms with van der Waals surface area (Å²) < 4.78 is 10.3. The fraction of sp³-hybridized carbons (Fsp3) is 0.500. The van der Waals surface area contributed by atoms with Gasteiger partial charge in [0.25, 0.3) is 0 Å². The molecule has 0 radical (unpaired) electrons. The number of aryl methyl sites for hydroxylation is 1. The first-order valence-corrected chi connectivity index (χ1v) is 9.09. The molecule has 0 bridgehead atoms. The molecule has 1 aliphatic rings. The lowest BCUT2D eigenvalue weighted by atomic mass is 9.83. The number of ether oxygens (including phenoxy) is 2. The molecule has 0 saturated carbocycles. The lowest BCUT2D eigenvalue weighted by Crippen LogP contribution is -2.39. The van der Waals surface area contributed by atoms with Gasteiger partial charge >= 0.3 is 11.9 Å². The molecule has 4 nitrogen and oxygen atoms in total. The molecular weight excluding hydrogens is 340 g/mol. The van der Waals surface area contributed by atoms with Crippen LogP contribution in [-0.4, -0.2) is 25.2 Å². The lowest BCUT2D eigenvalue weighted by Gasteiger charge is -2.24. The fourth-order valence-electron chi connectivity index (χ4n) is 3.32. The third kappa shape index (κ3) is 4.43. The minimum Gasteiger partial charge on any atom is -0.465 e. The molecule has 1 unspecified atom stereocenters. The Kier molecular flexibility index (Phi) is 6.65. The Hall–Kier alpha value is -1.81. The Labute approximate surface area is 154 Å². The molecule has 1 aliphatic carbocycles. The van der Waals surface area contributed by atoms with Gasteiger partial charge in [-0.1, -0.05) is 35.4 Å². The highest BCUT2D eigenvalue weighted by atomic mass is 35.5. The topological polar surface area (TPSA) is 52.6 Å². The smallest absolute Gasteiger partial charge is 0.327 e. The number of carbonyl (C=O) groups excluding carboxylic acids is 2. The van der Waals surface area contributed by atoms with Crippen LogP contribution in [0.15, 0.2) is 35.9 Å². The van der Waals surface area contributed by atoms with E-state index in [1.165, 1.54) is 5.56 Å². The molecule has 0 amide bonds. The molecule has 136 valence electrons. The van der Waals surface area contributed by atoms with Crippen LogP contribution in [0.4, 0.5) is 0 Å². The number of esters is 2. The van der Waals surface area contributed by atoms with Crippen molar-refractivity contribution in [2.24, 2.45) is 11.3 Å². The molecule has 1 aromatic rings. The van der Waals surface area contributed by atoms with Gasteiger partial charge in [0.05, 0.1) is 13.2 Å². The van der Waals surface area contributed by atoms with Crippen molar-refractivity contribution >= 4 is 23.5 Å². The first-order valence-electron chi connectivity index (χ1n) is 8.71. The van der Waals surface area contributed by atoms with Gasteiger partial charge in [-0.05, 0) is 63.6 Å². The Morgan fingerprint density at radius 2 is 1.68 bits per heavy atom. The van der Waals surface area contributed by atoms with E-state index in [-0.39, 0.29) is 19.1 Å². The van der Waals surface area contributed by atoms with Crippen molar-refractivity contribution in [1.29, 1.82) is 0 Å². The van der Waals surface area contributed by atoms with Gasteiger partial charge in [0.1, 0.15) is 0 Å². The van der Waals surface area contributed by atoms with Crippen LogP contribution in [0, 0.1) is 11.3 Å². The predicted octanol–water partition coefficient (Wildman–Crippen LogP) is 4.35. The zero-order chi connectivity index (χ0) is 18.4. The summed E-state index contributed by atoms with van der Waals surface area (Å²) in [5.41, 5.74) is 0.915. The normalized spacial score (nSPS) is 18.6. The van der Waals surface area contributed by atoms with E-state index >= 15 is 0 Å². The van der Waals surface area contributed by atoms with Crippen LogP contribution >= 0.6 is 11.6 Å². The van der Waals surface area contributed by atoms with E-state index in [0.29, 0.717) is 11.4 Å². The number of benzene rings is 1. The Morgan fingerprint density at radius 1 is 1.12 bits per heavy atom. The molecule has 0 spiro atoms. The second-order valence-corrected chi connectivity index (χ2v) is 6.80. The number of hydrogen-bond donors (Lipinski definition) is 0. The SMILES string of the molecule is CCOC(=O)C1(C(=O)OCC)C=C(C)C(CCc2ccc(Cl)cc2)C1. The minimum absolute atomic E-state index is 0.143. The van der Waals surface area contributed by atoms with Gasteiger partial charge < -0.3 is 9.47 Å². The van der Waals surface area contributed by atoms with Gasteiger partial charge in [0.15, 0.2) is 5.41 Å². The summed E-state index contributed by atoms with van der Waals surface area (Å²) in [4.78, 5) is 25.0. The molecule has 5 heteroatoms. The summed E-state index contributed by atoms with van der Waals surface area (Å²) in [6.45, 7) is 5.91. The van der Waals surface area contributed by atoms with E-state index in [1.807, 2.05) is 31.2 Å². The largest absolute Gasteiger partial charge is 0.465 e. The number of hydrogen-bond acceptors (Lipinski definition) is 4. The van der Waals surface area contributed by atoms with Crippen molar-refractivity contribution < 1.29 is 19.1 Å². The molecule has 25 heavy (non-hydrogen) atoms. The zero-order valence-electron chi connectivity index (χ0n) is 15.0. The van der Waals surface area contributed by atoms with Crippen molar-refractivity contribution in [2.75, 3.05) is 13.2 Å². The predicted molar refractivity (Wildman–Crippen MR) is 97.3 cm³/mol. The van der Waals surface area contributed by atoms with Crippen molar-refractivity contribution in [3.05, 3.63) is 46.5 Å². The van der Waals surface area contributed by atoms with Crippen LogP contribution in [0.3, 0.4) is 0 Å². The van der Waals surface area contributed by atoms with E-state index in [0.717, 1.165) is 18.4 Å². The quantitative estimate of drug-likeness (QED) is 0.410. The molecular formula is C20H25ClO4. The lowest BCUT2D eigenvalue weighted by molar-refractivity contribution is -0.168. The van der Waals surface area contributed by atoms with E-state index < -0.39 is 17.4 Å². The third-order valence-electron chi connectivity index (χ3n) is 4.66. The van der Waals surface area contributed by atoms with Crippen LogP contribution in [0.2, 0.25) is 5.02 Å². The highest BCUT2D eigenvalue weighted by molar-refractivity contribution is 6.30. The number of halogens is 1. The summed E-state index contributed by atoms with van der Waals surface area (Å²) in [7, 11) is 0. The maximum absolute atomic E-state index is 12.5. The number of rotatable bonds is 7. The van der Waals surface area contributed by atoms with Crippen LogP contribution < -0.4 is 0 Å². The summed E-state index contributed by atoms with van der Waals surface area (Å²) in [5.74, 6) is -0.881. The molecule has 0 N–H and O–H groups in total. The average Bonchev–Trinajstić information content (AvgIpc) is 2.93. The molecule has 0 saturated heterocycles. The summed E-state index contributed by atoms with van der Waals surface area (Å²) in [5, 5.41) is 0.712. The van der Waals surface area contributed by atoms with Crippen molar-refractivity contribution in [2.45, 2.75) is 40.0 Å². The fourth-order valence-corrected chi connectivity index (χ4v) is 3.45. The Morgan fingerprint density at radius 3 is 2.20 bits per heavy atom. The van der Waals surface area contributed by atoms with Crippen molar-refractivity contribution in [1.82, 2.24) is 0 Å². The van der Waals surface area contributed by atoms with Gasteiger partial charge in [0.2, 0.25) is 0 Å². The second-order valence-electron chi connectivity index (χ2n) is 6.37. The molecule has 0 heterocycles. The highest BCUT2D eigenvalue weighted by Gasteiger charge is 2.52.